The first-order valence-electron chi connectivity index (χ1n) is 6.71. The highest BCUT2D eigenvalue weighted by atomic mass is 32.1. The van der Waals surface area contributed by atoms with Crippen LogP contribution >= 0.6 is 11.3 Å². The van der Waals surface area contributed by atoms with E-state index in [1.54, 1.807) is 11.3 Å². The van der Waals surface area contributed by atoms with E-state index in [-0.39, 0.29) is 18.0 Å². The molecule has 3 nitrogen and oxygen atoms in total. The zero-order valence-electron chi connectivity index (χ0n) is 11.2. The van der Waals surface area contributed by atoms with Gasteiger partial charge in [0.05, 0.1) is 6.04 Å². The molecule has 2 rings (SSSR count). The molecule has 1 saturated heterocycles. The molecule has 4 heteroatoms. The number of amides is 1. The summed E-state index contributed by atoms with van der Waals surface area (Å²) < 4.78 is 0. The van der Waals surface area contributed by atoms with Gasteiger partial charge in [0, 0.05) is 24.4 Å². The molecule has 0 spiro atoms. The summed E-state index contributed by atoms with van der Waals surface area (Å²) in [5.74, 6) is 0.249. The predicted molar refractivity (Wildman–Crippen MR) is 75.9 cm³/mol. The van der Waals surface area contributed by atoms with E-state index in [4.69, 9.17) is 0 Å². The summed E-state index contributed by atoms with van der Waals surface area (Å²) in [5.41, 5.74) is 0. The van der Waals surface area contributed by atoms with Crippen molar-refractivity contribution in [3.05, 3.63) is 22.4 Å². The number of piperidine rings is 1. The van der Waals surface area contributed by atoms with Crippen molar-refractivity contribution in [2.24, 2.45) is 0 Å². The van der Waals surface area contributed by atoms with Crippen LogP contribution < -0.4 is 5.32 Å². The summed E-state index contributed by atoms with van der Waals surface area (Å²) in [4.78, 5) is 15.6. The number of carbonyl (C=O) groups is 1. The maximum Gasteiger partial charge on any atom is 0.239 e. The van der Waals surface area contributed by atoms with Crippen molar-refractivity contribution >= 4 is 17.2 Å². The molecule has 1 aromatic rings. The summed E-state index contributed by atoms with van der Waals surface area (Å²) >= 11 is 1.76. The molecule has 1 aliphatic rings. The van der Waals surface area contributed by atoms with Gasteiger partial charge in [0.25, 0.3) is 0 Å². The smallest absolute Gasteiger partial charge is 0.239 e. The van der Waals surface area contributed by atoms with Crippen LogP contribution in [0.25, 0.3) is 0 Å². The maximum atomic E-state index is 12.3. The molecule has 1 N–H and O–H groups in total. The van der Waals surface area contributed by atoms with E-state index in [0.29, 0.717) is 0 Å². The molecule has 1 aliphatic heterocycles. The third-order valence-electron chi connectivity index (χ3n) is 3.69. The van der Waals surface area contributed by atoms with Crippen LogP contribution in [0.5, 0.6) is 0 Å². The van der Waals surface area contributed by atoms with Gasteiger partial charge < -0.3 is 10.2 Å². The monoisotopic (exact) mass is 266 g/mol. The largest absolute Gasteiger partial charge is 0.341 e. The van der Waals surface area contributed by atoms with E-state index in [1.807, 2.05) is 11.9 Å². The predicted octanol–water partition coefficient (Wildman–Crippen LogP) is 2.28. The summed E-state index contributed by atoms with van der Waals surface area (Å²) in [6, 6.07) is 4.50. The van der Waals surface area contributed by atoms with Crippen molar-refractivity contribution in [2.45, 2.75) is 44.7 Å². The molecular formula is C14H22N2OS. The van der Waals surface area contributed by atoms with E-state index >= 15 is 0 Å². The summed E-state index contributed by atoms with van der Waals surface area (Å²) in [7, 11) is 1.93. The molecule has 0 bridgehead atoms. The van der Waals surface area contributed by atoms with Crippen LogP contribution in [0.3, 0.4) is 0 Å². The zero-order valence-corrected chi connectivity index (χ0v) is 12.0. The van der Waals surface area contributed by atoms with Crippen molar-refractivity contribution in [1.82, 2.24) is 10.2 Å². The highest BCUT2D eigenvalue weighted by Crippen LogP contribution is 2.16. The number of nitrogens with zero attached hydrogens (tertiary/aromatic N) is 1. The Morgan fingerprint density at radius 2 is 2.44 bits per heavy atom. The Morgan fingerprint density at radius 1 is 1.61 bits per heavy atom. The molecule has 0 radical (unpaired) electrons. The van der Waals surface area contributed by atoms with Gasteiger partial charge >= 0.3 is 0 Å². The van der Waals surface area contributed by atoms with Crippen LogP contribution in [0.4, 0.5) is 0 Å². The Labute approximate surface area is 113 Å². The number of thiophene rings is 1. The number of carbonyl (C=O) groups excluding carboxylic acids is 1. The van der Waals surface area contributed by atoms with Gasteiger partial charge in [0.15, 0.2) is 0 Å². The third kappa shape index (κ3) is 3.33. The SMILES string of the molecule is CC(Cc1cccs1)N(C)C(=O)[C@H]1CCCCN1. The normalized spacial score (nSPS) is 21.6. The fourth-order valence-electron chi connectivity index (χ4n) is 2.38. The van der Waals surface area contributed by atoms with Gasteiger partial charge in [-0.2, -0.15) is 0 Å². The Bertz CT molecular complexity index is 371. The minimum atomic E-state index is 0.0366. The molecule has 0 aliphatic carbocycles. The maximum absolute atomic E-state index is 12.3. The van der Waals surface area contributed by atoms with Crippen LogP contribution in [0.1, 0.15) is 31.1 Å². The minimum absolute atomic E-state index is 0.0366. The highest BCUT2D eigenvalue weighted by Gasteiger charge is 2.26. The van der Waals surface area contributed by atoms with E-state index in [9.17, 15) is 4.79 Å². The summed E-state index contributed by atoms with van der Waals surface area (Å²) in [5, 5.41) is 5.41. The van der Waals surface area contributed by atoms with Crippen LogP contribution in [-0.2, 0) is 11.2 Å². The molecule has 1 aromatic heterocycles. The minimum Gasteiger partial charge on any atom is -0.341 e. The first kappa shape index (κ1) is 13.6. The Hall–Kier alpha value is -0.870. The summed E-state index contributed by atoms with van der Waals surface area (Å²) in [6.07, 6.45) is 4.29. The first-order chi connectivity index (χ1) is 8.68. The molecule has 1 unspecified atom stereocenters. The molecule has 18 heavy (non-hydrogen) atoms. The van der Waals surface area contributed by atoms with Crippen LogP contribution in [0.15, 0.2) is 17.5 Å². The molecule has 1 amide bonds. The van der Waals surface area contributed by atoms with Crippen molar-refractivity contribution in [2.75, 3.05) is 13.6 Å². The zero-order chi connectivity index (χ0) is 13.0. The second-order valence-corrected chi connectivity index (χ2v) is 6.12. The fraction of sp³-hybridized carbons (Fsp3) is 0.643. The number of nitrogens with one attached hydrogen (secondary N) is 1. The lowest BCUT2D eigenvalue weighted by molar-refractivity contribution is -0.134. The molecule has 0 saturated carbocycles. The van der Waals surface area contributed by atoms with Crippen molar-refractivity contribution < 1.29 is 4.79 Å². The van der Waals surface area contributed by atoms with E-state index < -0.39 is 0 Å². The van der Waals surface area contributed by atoms with Crippen molar-refractivity contribution in [1.29, 1.82) is 0 Å². The second-order valence-electron chi connectivity index (χ2n) is 5.08. The highest BCUT2D eigenvalue weighted by molar-refractivity contribution is 7.09. The quantitative estimate of drug-likeness (QED) is 0.907. The lowest BCUT2D eigenvalue weighted by Crippen LogP contribution is -2.50. The standard InChI is InChI=1S/C14H22N2OS/c1-11(10-12-6-5-9-18-12)16(2)14(17)13-7-3-4-8-15-13/h5-6,9,11,13,15H,3-4,7-8,10H2,1-2H3/t11?,13-/m1/s1. The molecule has 0 aromatic carbocycles. The molecule has 1 fully saturated rings. The Morgan fingerprint density at radius 3 is 3.06 bits per heavy atom. The van der Waals surface area contributed by atoms with Crippen LogP contribution in [0.2, 0.25) is 0 Å². The van der Waals surface area contributed by atoms with Gasteiger partial charge in [0.2, 0.25) is 5.91 Å². The average Bonchev–Trinajstić information content (AvgIpc) is 2.91. The fourth-order valence-corrected chi connectivity index (χ4v) is 3.21. The third-order valence-corrected chi connectivity index (χ3v) is 4.59. The average molecular weight is 266 g/mol. The van der Waals surface area contributed by atoms with E-state index in [0.717, 1.165) is 25.8 Å². The van der Waals surface area contributed by atoms with Crippen molar-refractivity contribution in [3.8, 4) is 0 Å². The lowest BCUT2D eigenvalue weighted by atomic mass is 10.0. The number of rotatable bonds is 4. The van der Waals surface area contributed by atoms with Crippen LogP contribution in [0, 0.1) is 0 Å². The molecule has 2 atom stereocenters. The molecular weight excluding hydrogens is 244 g/mol. The molecule has 100 valence electrons. The lowest BCUT2D eigenvalue weighted by Gasteiger charge is -2.31. The Kier molecular flexibility index (Phi) is 4.78. The van der Waals surface area contributed by atoms with Crippen molar-refractivity contribution in [3.63, 3.8) is 0 Å². The van der Waals surface area contributed by atoms with Gasteiger partial charge in [-0.1, -0.05) is 12.5 Å². The molecule has 2 heterocycles. The number of hydrogen-bond donors (Lipinski definition) is 1. The van der Waals surface area contributed by atoms with Gasteiger partial charge in [-0.25, -0.2) is 0 Å². The number of likely N-dealkylation sites (N-methyl/N-ethyl adjacent to an activating group) is 1. The van der Waals surface area contributed by atoms with E-state index in [1.165, 1.54) is 11.3 Å². The van der Waals surface area contributed by atoms with E-state index in [2.05, 4.69) is 29.8 Å². The number of hydrogen-bond acceptors (Lipinski definition) is 3. The van der Waals surface area contributed by atoms with Gasteiger partial charge in [0.1, 0.15) is 0 Å². The second kappa shape index (κ2) is 6.34. The first-order valence-corrected chi connectivity index (χ1v) is 7.59. The van der Waals surface area contributed by atoms with Gasteiger partial charge in [-0.3, -0.25) is 4.79 Å². The van der Waals surface area contributed by atoms with Crippen LogP contribution in [-0.4, -0.2) is 36.5 Å². The van der Waals surface area contributed by atoms with Gasteiger partial charge in [-0.15, -0.1) is 11.3 Å². The van der Waals surface area contributed by atoms with Gasteiger partial charge in [-0.05, 0) is 37.8 Å². The topological polar surface area (TPSA) is 32.3 Å². The summed E-state index contributed by atoms with van der Waals surface area (Å²) in [6.45, 7) is 3.10. The Balaban J connectivity index is 1.88.